The molecule has 0 aromatic heterocycles. The number of Topliss-reactive ketones (excluding diaryl/α,β-unsaturated/α-hetero) is 1. The van der Waals surface area contributed by atoms with Gasteiger partial charge in [-0.05, 0) is 60.7 Å². The summed E-state index contributed by atoms with van der Waals surface area (Å²) in [6, 6.07) is 10.2. The molecule has 1 aliphatic heterocycles. The molecule has 1 saturated heterocycles. The Balaban J connectivity index is 1.64. The Hall–Kier alpha value is -2.91. The van der Waals surface area contributed by atoms with Crippen molar-refractivity contribution in [2.24, 2.45) is 11.8 Å². The van der Waals surface area contributed by atoms with Crippen molar-refractivity contribution >= 4 is 21.8 Å². The van der Waals surface area contributed by atoms with Crippen molar-refractivity contribution in [3.8, 4) is 11.5 Å². The van der Waals surface area contributed by atoms with Gasteiger partial charge in [-0.1, -0.05) is 13.8 Å². The lowest BCUT2D eigenvalue weighted by atomic mass is 9.94. The zero-order valence-corrected chi connectivity index (χ0v) is 20.1. The van der Waals surface area contributed by atoms with Gasteiger partial charge in [0.2, 0.25) is 10.0 Å². The number of ketones is 1. The number of methoxy groups -OCH3 is 2. The Bertz CT molecular complexity index is 1100. The van der Waals surface area contributed by atoms with Crippen molar-refractivity contribution < 1.29 is 32.2 Å². The highest BCUT2D eigenvalue weighted by molar-refractivity contribution is 7.89. The third-order valence-electron chi connectivity index (χ3n) is 5.60. The van der Waals surface area contributed by atoms with E-state index >= 15 is 0 Å². The van der Waals surface area contributed by atoms with Crippen LogP contribution in [0, 0.1) is 11.8 Å². The number of benzene rings is 2. The average Bonchev–Trinajstić information content (AvgIpc) is 2.81. The summed E-state index contributed by atoms with van der Waals surface area (Å²) in [6.45, 7) is 4.59. The first kappa shape index (κ1) is 24.7. The van der Waals surface area contributed by atoms with Crippen LogP contribution in [0.1, 0.15) is 41.0 Å². The maximum Gasteiger partial charge on any atom is 0.338 e. The molecule has 0 radical (unpaired) electrons. The van der Waals surface area contributed by atoms with Crippen molar-refractivity contribution in [1.82, 2.24) is 4.31 Å². The number of sulfonamides is 1. The van der Waals surface area contributed by atoms with E-state index < -0.39 is 28.4 Å². The van der Waals surface area contributed by atoms with E-state index in [0.717, 1.165) is 6.42 Å². The molecule has 1 aliphatic rings. The average molecular weight is 476 g/mol. The van der Waals surface area contributed by atoms with Gasteiger partial charge in [-0.3, -0.25) is 4.79 Å². The second kappa shape index (κ2) is 10.4. The number of esters is 1. The lowest BCUT2D eigenvalue weighted by molar-refractivity contribution is 0.0474. The summed E-state index contributed by atoms with van der Waals surface area (Å²) in [5, 5.41) is 0. The van der Waals surface area contributed by atoms with Crippen LogP contribution in [0.3, 0.4) is 0 Å². The predicted molar refractivity (Wildman–Crippen MR) is 122 cm³/mol. The molecule has 1 fully saturated rings. The number of carbonyl (C=O) groups is 2. The quantitative estimate of drug-likeness (QED) is 0.426. The predicted octanol–water partition coefficient (Wildman–Crippen LogP) is 3.41. The highest BCUT2D eigenvalue weighted by atomic mass is 32.2. The maximum atomic E-state index is 13.0. The maximum absolute atomic E-state index is 13.0. The van der Waals surface area contributed by atoms with Crippen molar-refractivity contribution in [3.63, 3.8) is 0 Å². The van der Waals surface area contributed by atoms with Gasteiger partial charge in [0.15, 0.2) is 23.9 Å². The zero-order valence-electron chi connectivity index (χ0n) is 19.2. The van der Waals surface area contributed by atoms with E-state index in [1.165, 1.54) is 48.9 Å². The standard InChI is InChI=1S/C24H29NO7S/c1-16-11-17(2)14-25(13-16)33(28,29)20-8-5-18(6-9-20)24(27)32-15-21(26)19-7-10-22(30-3)23(12-19)31-4/h5-10,12,16-17H,11,13-15H2,1-4H3. The van der Waals surface area contributed by atoms with Gasteiger partial charge in [0.25, 0.3) is 0 Å². The fourth-order valence-corrected chi connectivity index (χ4v) is 5.70. The Labute approximate surface area is 194 Å². The second-order valence-electron chi connectivity index (χ2n) is 8.36. The number of hydrogen-bond donors (Lipinski definition) is 0. The molecule has 0 saturated carbocycles. The Morgan fingerprint density at radius 2 is 1.48 bits per heavy atom. The summed E-state index contributed by atoms with van der Waals surface area (Å²) >= 11 is 0. The second-order valence-corrected chi connectivity index (χ2v) is 10.3. The Kier molecular flexibility index (Phi) is 7.76. The smallest absolute Gasteiger partial charge is 0.338 e. The van der Waals surface area contributed by atoms with Crippen LogP contribution in [0.15, 0.2) is 47.4 Å². The van der Waals surface area contributed by atoms with Gasteiger partial charge in [-0.15, -0.1) is 0 Å². The summed E-state index contributed by atoms with van der Waals surface area (Å²) in [6.07, 6.45) is 0.999. The molecule has 0 aliphatic carbocycles. The van der Waals surface area contributed by atoms with E-state index in [2.05, 4.69) is 0 Å². The fourth-order valence-electron chi connectivity index (χ4n) is 4.02. The normalized spacial score (nSPS) is 19.0. The van der Waals surface area contributed by atoms with Crippen LogP contribution < -0.4 is 9.47 Å². The summed E-state index contributed by atoms with van der Waals surface area (Å²) in [5.74, 6) is 0.338. The molecule has 0 spiro atoms. The molecule has 8 nitrogen and oxygen atoms in total. The summed E-state index contributed by atoms with van der Waals surface area (Å²) < 4.78 is 42.9. The summed E-state index contributed by atoms with van der Waals surface area (Å²) in [7, 11) is -0.687. The first-order valence-corrected chi connectivity index (χ1v) is 12.1. The summed E-state index contributed by atoms with van der Waals surface area (Å²) in [4.78, 5) is 24.9. The molecule has 33 heavy (non-hydrogen) atoms. The largest absolute Gasteiger partial charge is 0.493 e. The monoisotopic (exact) mass is 475 g/mol. The first-order valence-electron chi connectivity index (χ1n) is 10.7. The number of carbonyl (C=O) groups excluding carboxylic acids is 2. The number of hydrogen-bond acceptors (Lipinski definition) is 7. The minimum Gasteiger partial charge on any atom is -0.493 e. The molecule has 178 valence electrons. The third-order valence-corrected chi connectivity index (χ3v) is 7.45. The van der Waals surface area contributed by atoms with E-state index in [1.54, 1.807) is 12.1 Å². The lowest BCUT2D eigenvalue weighted by Gasteiger charge is -2.34. The third kappa shape index (κ3) is 5.72. The highest BCUT2D eigenvalue weighted by Crippen LogP contribution is 2.28. The van der Waals surface area contributed by atoms with Crippen molar-refractivity contribution in [3.05, 3.63) is 53.6 Å². The molecule has 2 aromatic rings. The lowest BCUT2D eigenvalue weighted by Crippen LogP contribution is -2.42. The molecule has 9 heteroatoms. The van der Waals surface area contributed by atoms with Crippen LogP contribution in [0.2, 0.25) is 0 Å². The summed E-state index contributed by atoms with van der Waals surface area (Å²) in [5.41, 5.74) is 0.473. The number of nitrogens with zero attached hydrogens (tertiary/aromatic N) is 1. The van der Waals surface area contributed by atoms with Crippen LogP contribution >= 0.6 is 0 Å². The SMILES string of the molecule is COc1ccc(C(=O)COC(=O)c2ccc(S(=O)(=O)N3CC(C)CC(C)C3)cc2)cc1OC. The molecule has 2 unspecified atom stereocenters. The molecule has 3 rings (SSSR count). The van der Waals surface area contributed by atoms with Crippen LogP contribution in [-0.2, 0) is 14.8 Å². The zero-order chi connectivity index (χ0) is 24.2. The Morgan fingerprint density at radius 1 is 0.909 bits per heavy atom. The fraction of sp³-hybridized carbons (Fsp3) is 0.417. The van der Waals surface area contributed by atoms with E-state index in [0.29, 0.717) is 42.0 Å². The van der Waals surface area contributed by atoms with Gasteiger partial charge in [-0.25, -0.2) is 13.2 Å². The first-order chi connectivity index (χ1) is 15.6. The van der Waals surface area contributed by atoms with Gasteiger partial charge in [0.1, 0.15) is 0 Å². The van der Waals surface area contributed by atoms with E-state index in [1.807, 2.05) is 13.8 Å². The molecule has 2 aromatic carbocycles. The van der Waals surface area contributed by atoms with E-state index in [-0.39, 0.29) is 10.5 Å². The minimum atomic E-state index is -3.64. The van der Waals surface area contributed by atoms with Crippen LogP contribution in [-0.4, -0.2) is 58.4 Å². The molecule has 2 atom stereocenters. The van der Waals surface area contributed by atoms with E-state index in [9.17, 15) is 18.0 Å². The topological polar surface area (TPSA) is 99.2 Å². The molecule has 1 heterocycles. The number of ether oxygens (including phenoxy) is 3. The van der Waals surface area contributed by atoms with Crippen LogP contribution in [0.4, 0.5) is 0 Å². The van der Waals surface area contributed by atoms with Gasteiger partial charge in [0, 0.05) is 18.7 Å². The molecule has 0 N–H and O–H groups in total. The van der Waals surface area contributed by atoms with Crippen molar-refractivity contribution in [1.29, 1.82) is 0 Å². The molecule has 0 amide bonds. The molecule has 0 bridgehead atoms. The highest BCUT2D eigenvalue weighted by Gasteiger charge is 2.31. The van der Waals surface area contributed by atoms with Crippen LogP contribution in [0.5, 0.6) is 11.5 Å². The van der Waals surface area contributed by atoms with Gasteiger partial charge < -0.3 is 14.2 Å². The number of piperidine rings is 1. The van der Waals surface area contributed by atoms with Crippen molar-refractivity contribution in [2.45, 2.75) is 25.2 Å². The van der Waals surface area contributed by atoms with Gasteiger partial charge >= 0.3 is 5.97 Å². The number of rotatable bonds is 8. The van der Waals surface area contributed by atoms with Gasteiger partial charge in [0.05, 0.1) is 24.7 Å². The Morgan fingerprint density at radius 3 is 2.06 bits per heavy atom. The van der Waals surface area contributed by atoms with E-state index in [4.69, 9.17) is 14.2 Å². The van der Waals surface area contributed by atoms with Crippen molar-refractivity contribution in [2.75, 3.05) is 33.9 Å². The van der Waals surface area contributed by atoms with Crippen LogP contribution in [0.25, 0.3) is 0 Å². The molecular formula is C24H29NO7S. The minimum absolute atomic E-state index is 0.127. The molecular weight excluding hydrogens is 446 g/mol. The van der Waals surface area contributed by atoms with Gasteiger partial charge in [-0.2, -0.15) is 4.31 Å².